The summed E-state index contributed by atoms with van der Waals surface area (Å²) < 4.78 is 7.18. The molecule has 2 aromatic rings. The molecule has 2 aromatic heterocycles. The second kappa shape index (κ2) is 6.95. The van der Waals surface area contributed by atoms with Gasteiger partial charge in [0.1, 0.15) is 5.60 Å². The van der Waals surface area contributed by atoms with Crippen LogP contribution in [-0.2, 0) is 24.8 Å². The highest BCUT2D eigenvalue weighted by Crippen LogP contribution is 2.26. The third-order valence-corrected chi connectivity index (χ3v) is 5.35. The summed E-state index contributed by atoms with van der Waals surface area (Å²) in [4.78, 5) is 32.2. The van der Waals surface area contributed by atoms with Crippen molar-refractivity contribution in [3.8, 4) is 0 Å². The van der Waals surface area contributed by atoms with Gasteiger partial charge in [-0.15, -0.1) is 11.3 Å². The summed E-state index contributed by atoms with van der Waals surface area (Å²) in [5.74, 6) is -0.313. The molecule has 0 bridgehead atoms. The van der Waals surface area contributed by atoms with Crippen molar-refractivity contribution in [1.29, 1.82) is 0 Å². The summed E-state index contributed by atoms with van der Waals surface area (Å²) in [5, 5.41) is 7.76. The number of ether oxygens (including phenoxy) is 1. The van der Waals surface area contributed by atoms with Gasteiger partial charge in [0.05, 0.1) is 12.2 Å². The zero-order valence-corrected chi connectivity index (χ0v) is 17.4. The molecule has 146 valence electrons. The number of carbonyl (C=O) groups is 2. The Hall–Kier alpha value is -2.42. The van der Waals surface area contributed by atoms with E-state index in [1.54, 1.807) is 9.58 Å². The number of rotatable bonds is 2. The predicted octanol–water partition coefficient (Wildman–Crippen LogP) is 3.04. The minimum atomic E-state index is -0.562. The Morgan fingerprint density at radius 3 is 2.56 bits per heavy atom. The van der Waals surface area contributed by atoms with Crippen LogP contribution in [0.15, 0.2) is 0 Å². The molecule has 0 unspecified atom stereocenters. The molecule has 0 atom stereocenters. The molecule has 0 radical (unpaired) electrons. The lowest BCUT2D eigenvalue weighted by molar-refractivity contribution is 0.0222. The van der Waals surface area contributed by atoms with Crippen LogP contribution >= 0.6 is 11.3 Å². The van der Waals surface area contributed by atoms with E-state index in [-0.39, 0.29) is 12.0 Å². The Kier molecular flexibility index (Phi) is 4.98. The largest absolute Gasteiger partial charge is 0.444 e. The fourth-order valence-electron chi connectivity index (χ4n) is 2.94. The first-order chi connectivity index (χ1) is 12.5. The van der Waals surface area contributed by atoms with Gasteiger partial charge in [0.25, 0.3) is 5.91 Å². The number of aromatic nitrogens is 3. The molecule has 1 N–H and O–H groups in total. The molecule has 3 rings (SSSR count). The average Bonchev–Trinajstić information content (AvgIpc) is 3.05. The normalized spacial score (nSPS) is 14.1. The maximum absolute atomic E-state index is 12.8. The lowest BCUT2D eigenvalue weighted by Gasteiger charge is -2.30. The molecule has 2 amide bonds. The van der Waals surface area contributed by atoms with E-state index in [2.05, 4.69) is 15.4 Å². The number of carbonyl (C=O) groups excluding carboxylic acids is 2. The van der Waals surface area contributed by atoms with E-state index in [0.29, 0.717) is 30.3 Å². The van der Waals surface area contributed by atoms with Crippen LogP contribution in [0.25, 0.3) is 0 Å². The molecule has 1 aliphatic rings. The maximum Gasteiger partial charge on any atom is 0.410 e. The molecule has 0 fully saturated rings. The number of hydrogen-bond donors (Lipinski definition) is 1. The van der Waals surface area contributed by atoms with E-state index in [4.69, 9.17) is 4.74 Å². The van der Waals surface area contributed by atoms with E-state index in [0.717, 1.165) is 21.8 Å². The molecule has 0 spiro atoms. The van der Waals surface area contributed by atoms with E-state index in [1.807, 2.05) is 41.7 Å². The molecule has 3 heterocycles. The fraction of sp³-hybridized carbons (Fsp3) is 0.556. The summed E-state index contributed by atoms with van der Waals surface area (Å²) >= 11 is 1.43. The van der Waals surface area contributed by atoms with Crippen LogP contribution in [0.5, 0.6) is 0 Å². The monoisotopic (exact) mass is 391 g/mol. The first kappa shape index (κ1) is 19.3. The van der Waals surface area contributed by atoms with Gasteiger partial charge in [-0.3, -0.25) is 14.8 Å². The smallest absolute Gasteiger partial charge is 0.410 e. The quantitative estimate of drug-likeness (QED) is 0.850. The van der Waals surface area contributed by atoms with Crippen LogP contribution in [0.3, 0.4) is 0 Å². The van der Waals surface area contributed by atoms with Gasteiger partial charge in [0.15, 0.2) is 10.8 Å². The zero-order valence-electron chi connectivity index (χ0n) is 16.5. The second-order valence-corrected chi connectivity index (χ2v) is 8.87. The summed E-state index contributed by atoms with van der Waals surface area (Å²) in [7, 11) is 1.82. The predicted molar refractivity (Wildman–Crippen MR) is 103 cm³/mol. The molecule has 1 aliphatic heterocycles. The number of aryl methyl sites for hydroxylation is 3. The van der Waals surface area contributed by atoms with Crippen LogP contribution in [-0.4, -0.2) is 43.8 Å². The molecule has 9 heteroatoms. The lowest BCUT2D eigenvalue weighted by Crippen LogP contribution is -2.40. The molecule has 8 nitrogen and oxygen atoms in total. The number of nitrogens with zero attached hydrogens (tertiary/aromatic N) is 4. The first-order valence-corrected chi connectivity index (χ1v) is 9.65. The van der Waals surface area contributed by atoms with Gasteiger partial charge < -0.3 is 9.64 Å². The van der Waals surface area contributed by atoms with Crippen LogP contribution < -0.4 is 5.32 Å². The number of anilines is 1. The Balaban J connectivity index is 1.81. The number of thiazole rings is 1. The summed E-state index contributed by atoms with van der Waals surface area (Å²) in [6, 6.07) is 0. The molecular weight excluding hydrogens is 366 g/mol. The third kappa shape index (κ3) is 4.13. The van der Waals surface area contributed by atoms with Crippen LogP contribution in [0.1, 0.15) is 53.1 Å². The van der Waals surface area contributed by atoms with E-state index < -0.39 is 5.60 Å². The van der Waals surface area contributed by atoms with Crippen molar-refractivity contribution < 1.29 is 14.3 Å². The van der Waals surface area contributed by atoms with Gasteiger partial charge >= 0.3 is 6.09 Å². The third-order valence-electron chi connectivity index (χ3n) is 4.36. The molecule has 0 aliphatic carbocycles. The average molecular weight is 391 g/mol. The second-order valence-electron chi connectivity index (χ2n) is 7.66. The van der Waals surface area contributed by atoms with Gasteiger partial charge in [-0.2, -0.15) is 5.10 Å². The number of amides is 2. The van der Waals surface area contributed by atoms with Crippen molar-refractivity contribution in [2.45, 2.75) is 53.2 Å². The standard InChI is InChI=1S/C18H25N5O3S/c1-10-11(2)27-16(19-10)20-15(24)14-12-9-23(17(25)26-18(3,4)5)8-7-13(12)22(6)21-14/h7-9H2,1-6H3,(H,19,20,24). The molecule has 0 saturated carbocycles. The van der Waals surface area contributed by atoms with Crippen LogP contribution in [0.4, 0.5) is 9.93 Å². The van der Waals surface area contributed by atoms with Gasteiger partial charge in [-0.1, -0.05) is 0 Å². The van der Waals surface area contributed by atoms with Crippen molar-refractivity contribution in [1.82, 2.24) is 19.7 Å². The van der Waals surface area contributed by atoms with Gasteiger partial charge in [-0.25, -0.2) is 9.78 Å². The van der Waals surface area contributed by atoms with Crippen molar-refractivity contribution >= 4 is 28.5 Å². The summed E-state index contributed by atoms with van der Waals surface area (Å²) in [5.41, 5.74) is 2.39. The lowest BCUT2D eigenvalue weighted by atomic mass is 10.1. The van der Waals surface area contributed by atoms with E-state index in [1.165, 1.54) is 11.3 Å². The van der Waals surface area contributed by atoms with Gasteiger partial charge in [-0.05, 0) is 34.6 Å². The van der Waals surface area contributed by atoms with Gasteiger partial charge in [0.2, 0.25) is 0 Å². The molecular formula is C18H25N5O3S. The number of fused-ring (bicyclic) bond motifs is 1. The Bertz CT molecular complexity index is 874. The Morgan fingerprint density at radius 2 is 1.96 bits per heavy atom. The summed E-state index contributed by atoms with van der Waals surface area (Å²) in [6.07, 6.45) is 0.246. The number of nitrogens with one attached hydrogen (secondary N) is 1. The first-order valence-electron chi connectivity index (χ1n) is 8.83. The zero-order chi connectivity index (χ0) is 19.9. The Labute approximate surface area is 162 Å². The maximum atomic E-state index is 12.8. The van der Waals surface area contributed by atoms with Crippen molar-refractivity contribution in [3.63, 3.8) is 0 Å². The van der Waals surface area contributed by atoms with Crippen molar-refractivity contribution in [2.24, 2.45) is 7.05 Å². The van der Waals surface area contributed by atoms with Crippen LogP contribution in [0.2, 0.25) is 0 Å². The molecule has 27 heavy (non-hydrogen) atoms. The topological polar surface area (TPSA) is 89.4 Å². The fourth-order valence-corrected chi connectivity index (χ4v) is 3.75. The number of hydrogen-bond acceptors (Lipinski definition) is 6. The minimum Gasteiger partial charge on any atom is -0.444 e. The van der Waals surface area contributed by atoms with Crippen LogP contribution in [0, 0.1) is 13.8 Å². The van der Waals surface area contributed by atoms with Crippen molar-refractivity contribution in [3.05, 3.63) is 27.5 Å². The molecule has 0 aromatic carbocycles. The Morgan fingerprint density at radius 1 is 1.26 bits per heavy atom. The SMILES string of the molecule is Cc1nc(NC(=O)c2nn(C)c3c2CN(C(=O)OC(C)(C)C)CC3)sc1C. The van der Waals surface area contributed by atoms with E-state index in [9.17, 15) is 9.59 Å². The van der Waals surface area contributed by atoms with Crippen molar-refractivity contribution in [2.75, 3.05) is 11.9 Å². The van der Waals surface area contributed by atoms with Gasteiger partial charge in [0, 0.05) is 36.1 Å². The summed E-state index contributed by atoms with van der Waals surface area (Å²) in [6.45, 7) is 10.2. The highest BCUT2D eigenvalue weighted by atomic mass is 32.1. The molecule has 0 saturated heterocycles. The minimum absolute atomic E-state index is 0.302. The van der Waals surface area contributed by atoms with E-state index >= 15 is 0 Å². The highest BCUT2D eigenvalue weighted by molar-refractivity contribution is 7.15. The highest BCUT2D eigenvalue weighted by Gasteiger charge is 2.31.